The van der Waals surface area contributed by atoms with Crippen molar-refractivity contribution in [3.63, 3.8) is 0 Å². The topological polar surface area (TPSA) is 43.6 Å². The van der Waals surface area contributed by atoms with Crippen molar-refractivity contribution in [3.8, 4) is 61.8 Å². The van der Waals surface area contributed by atoms with Crippen LogP contribution in [0.1, 0.15) is 0 Å². The van der Waals surface area contributed by atoms with E-state index in [1.165, 1.54) is 63.8 Å². The molecule has 0 aliphatic carbocycles. The first kappa shape index (κ1) is 36.4. The monoisotopic (exact) mass is 832 g/mol. The summed E-state index contributed by atoms with van der Waals surface area (Å²) in [4.78, 5) is 15.1. The lowest BCUT2D eigenvalue weighted by Crippen LogP contribution is -1.97. The maximum absolute atomic E-state index is 5.34. The number of hydrogen-bond acceptors (Lipinski definition) is 4. The van der Waals surface area contributed by atoms with Crippen LogP contribution in [0.25, 0.3) is 125 Å². The Morgan fingerprint density at radius 2 is 1.00 bits per heavy atom. The minimum atomic E-state index is 0.678. The van der Waals surface area contributed by atoms with Gasteiger partial charge < -0.3 is 4.57 Å². The van der Waals surface area contributed by atoms with Crippen molar-refractivity contribution >= 4 is 74.9 Å². The standard InChI is InChI=1S/C59H36N4S/c1-2-14-44-41(11-1)34-51(47-16-4-3-15-46(44)47)40-12-9-13-42(33-40)59-61-53(38-25-23-37(24-26-38)45-19-10-20-50-49-18-6-8-22-57(49)64-58(45)50)35-54(62-59)39-27-29-43(30-28-39)63-55-21-7-5-17-48(55)52-36-60-32-31-56(52)63/h1-36H. The molecule has 13 rings (SSSR count). The molecule has 5 heteroatoms. The summed E-state index contributed by atoms with van der Waals surface area (Å²) in [6.45, 7) is 0. The number of pyridine rings is 1. The maximum Gasteiger partial charge on any atom is 0.160 e. The van der Waals surface area contributed by atoms with Gasteiger partial charge in [0.25, 0.3) is 0 Å². The van der Waals surface area contributed by atoms with Crippen molar-refractivity contribution in [2.45, 2.75) is 0 Å². The maximum atomic E-state index is 5.34. The Kier molecular flexibility index (Phi) is 8.36. The minimum Gasteiger partial charge on any atom is -0.309 e. The van der Waals surface area contributed by atoms with Crippen LogP contribution in [0.15, 0.2) is 219 Å². The molecule has 0 aliphatic rings. The molecule has 0 fully saturated rings. The zero-order chi connectivity index (χ0) is 42.1. The second-order valence-electron chi connectivity index (χ2n) is 16.4. The Morgan fingerprint density at radius 3 is 1.83 bits per heavy atom. The molecule has 298 valence electrons. The van der Waals surface area contributed by atoms with Crippen LogP contribution < -0.4 is 0 Å². The lowest BCUT2D eigenvalue weighted by molar-refractivity contribution is 1.17. The number of thiophene rings is 1. The first-order valence-electron chi connectivity index (χ1n) is 21.6. The largest absolute Gasteiger partial charge is 0.309 e. The molecule has 0 bridgehead atoms. The third-order valence-corrected chi connectivity index (χ3v) is 13.9. The first-order chi connectivity index (χ1) is 31.7. The van der Waals surface area contributed by atoms with Crippen molar-refractivity contribution in [2.24, 2.45) is 0 Å². The van der Waals surface area contributed by atoms with Gasteiger partial charge in [-0.2, -0.15) is 0 Å². The molecule has 0 N–H and O–H groups in total. The summed E-state index contributed by atoms with van der Waals surface area (Å²) in [5, 5.41) is 9.87. The molecule has 0 unspecified atom stereocenters. The normalized spacial score (nSPS) is 11.8. The third kappa shape index (κ3) is 5.93. The summed E-state index contributed by atoms with van der Waals surface area (Å²) in [5.41, 5.74) is 12.8. The summed E-state index contributed by atoms with van der Waals surface area (Å²) >= 11 is 1.86. The van der Waals surface area contributed by atoms with Gasteiger partial charge in [0.2, 0.25) is 0 Å². The number of fused-ring (bicyclic) bond motifs is 9. The molecule has 4 nitrogen and oxygen atoms in total. The van der Waals surface area contributed by atoms with Crippen LogP contribution in [0.4, 0.5) is 0 Å². The van der Waals surface area contributed by atoms with Crippen molar-refractivity contribution in [3.05, 3.63) is 219 Å². The SMILES string of the molecule is c1cc(-c2nc(-c3ccc(-c4cccc5c4sc4ccccc45)cc3)cc(-c3ccc(-n4c5ccccc5c5cnccc54)cc3)n2)cc(-c2cc3ccccc3c3ccccc23)c1. The predicted octanol–water partition coefficient (Wildman–Crippen LogP) is 16.0. The predicted molar refractivity (Wildman–Crippen MR) is 269 cm³/mol. The smallest absolute Gasteiger partial charge is 0.160 e. The molecular formula is C59H36N4S. The van der Waals surface area contributed by atoms with Crippen LogP contribution in [-0.2, 0) is 0 Å². The number of hydrogen-bond donors (Lipinski definition) is 0. The van der Waals surface area contributed by atoms with E-state index in [0.29, 0.717) is 5.82 Å². The van der Waals surface area contributed by atoms with Crippen molar-refractivity contribution < 1.29 is 0 Å². The summed E-state index contributed by atoms with van der Waals surface area (Å²) in [6.07, 6.45) is 3.82. The molecule has 0 saturated carbocycles. The van der Waals surface area contributed by atoms with Crippen LogP contribution in [0.5, 0.6) is 0 Å². The summed E-state index contributed by atoms with van der Waals surface area (Å²) in [7, 11) is 0. The van der Waals surface area contributed by atoms with E-state index in [-0.39, 0.29) is 0 Å². The Labute approximate surface area is 373 Å². The van der Waals surface area contributed by atoms with Crippen molar-refractivity contribution in [1.29, 1.82) is 0 Å². The molecule has 4 aromatic heterocycles. The van der Waals surface area contributed by atoms with E-state index in [0.717, 1.165) is 55.7 Å². The highest BCUT2D eigenvalue weighted by Gasteiger charge is 2.17. The van der Waals surface area contributed by atoms with Crippen LogP contribution >= 0.6 is 11.3 Å². The molecule has 64 heavy (non-hydrogen) atoms. The summed E-state index contributed by atoms with van der Waals surface area (Å²) < 4.78 is 4.93. The van der Waals surface area contributed by atoms with Gasteiger partial charge in [0, 0.05) is 65.7 Å². The van der Waals surface area contributed by atoms with Gasteiger partial charge in [-0.25, -0.2) is 9.97 Å². The van der Waals surface area contributed by atoms with E-state index >= 15 is 0 Å². The van der Waals surface area contributed by atoms with Gasteiger partial charge in [0.15, 0.2) is 5.82 Å². The van der Waals surface area contributed by atoms with Crippen LogP contribution in [-0.4, -0.2) is 19.5 Å². The van der Waals surface area contributed by atoms with Crippen LogP contribution in [0, 0.1) is 0 Å². The number of rotatable bonds is 6. The van der Waals surface area contributed by atoms with E-state index < -0.39 is 0 Å². The molecule has 13 aromatic rings. The fraction of sp³-hybridized carbons (Fsp3) is 0. The average molecular weight is 833 g/mol. The van der Waals surface area contributed by atoms with Gasteiger partial charge in [-0.15, -0.1) is 11.3 Å². The molecule has 9 aromatic carbocycles. The lowest BCUT2D eigenvalue weighted by Gasteiger charge is -2.14. The van der Waals surface area contributed by atoms with Crippen LogP contribution in [0.3, 0.4) is 0 Å². The summed E-state index contributed by atoms with van der Waals surface area (Å²) in [6, 6.07) is 74.1. The van der Waals surface area contributed by atoms with Gasteiger partial charge in [-0.3, -0.25) is 4.98 Å². The Balaban J connectivity index is 0.945. The zero-order valence-corrected chi connectivity index (χ0v) is 35.3. The molecular weight excluding hydrogens is 797 g/mol. The molecule has 0 spiro atoms. The Morgan fingerprint density at radius 1 is 0.375 bits per heavy atom. The number of nitrogens with zero attached hydrogens (tertiary/aromatic N) is 4. The lowest BCUT2D eigenvalue weighted by atomic mass is 9.92. The highest BCUT2D eigenvalue weighted by molar-refractivity contribution is 7.26. The quantitative estimate of drug-likeness (QED) is 0.157. The number of benzene rings is 9. The third-order valence-electron chi connectivity index (χ3n) is 12.7. The fourth-order valence-corrected chi connectivity index (χ4v) is 10.9. The van der Waals surface area contributed by atoms with E-state index in [1.807, 2.05) is 23.7 Å². The molecule has 0 atom stereocenters. The van der Waals surface area contributed by atoms with Crippen molar-refractivity contribution in [1.82, 2.24) is 19.5 Å². The van der Waals surface area contributed by atoms with E-state index in [1.54, 1.807) is 0 Å². The number of para-hydroxylation sites is 1. The van der Waals surface area contributed by atoms with E-state index in [4.69, 9.17) is 9.97 Å². The molecule has 0 aliphatic heterocycles. The van der Waals surface area contributed by atoms with E-state index in [2.05, 4.69) is 216 Å². The molecule has 0 radical (unpaired) electrons. The summed E-state index contributed by atoms with van der Waals surface area (Å²) in [5.74, 6) is 0.678. The van der Waals surface area contributed by atoms with Crippen molar-refractivity contribution in [2.75, 3.05) is 0 Å². The Bertz CT molecular complexity index is 3900. The van der Waals surface area contributed by atoms with Gasteiger partial charge in [0.1, 0.15) is 0 Å². The second-order valence-corrected chi connectivity index (χ2v) is 17.4. The molecule has 4 heterocycles. The van der Waals surface area contributed by atoms with Gasteiger partial charge in [0.05, 0.1) is 22.4 Å². The number of aromatic nitrogens is 4. The Hall–Kier alpha value is -8.25. The van der Waals surface area contributed by atoms with Gasteiger partial charge in [-0.1, -0.05) is 158 Å². The van der Waals surface area contributed by atoms with Gasteiger partial charge >= 0.3 is 0 Å². The highest BCUT2D eigenvalue weighted by Crippen LogP contribution is 2.41. The second kappa shape index (κ2) is 14.7. The van der Waals surface area contributed by atoms with Gasteiger partial charge in [-0.05, 0) is 92.3 Å². The average Bonchev–Trinajstić information content (AvgIpc) is 3.92. The van der Waals surface area contributed by atoms with E-state index in [9.17, 15) is 0 Å². The minimum absolute atomic E-state index is 0.678. The first-order valence-corrected chi connectivity index (χ1v) is 22.4. The fourth-order valence-electron chi connectivity index (χ4n) is 9.66. The molecule has 0 amide bonds. The van der Waals surface area contributed by atoms with Crippen LogP contribution in [0.2, 0.25) is 0 Å². The molecule has 0 saturated heterocycles. The highest BCUT2D eigenvalue weighted by atomic mass is 32.1. The zero-order valence-electron chi connectivity index (χ0n) is 34.5.